The van der Waals surface area contributed by atoms with Crippen LogP contribution in [0.1, 0.15) is 18.9 Å². The van der Waals surface area contributed by atoms with Crippen molar-refractivity contribution < 1.29 is 9.13 Å². The van der Waals surface area contributed by atoms with Gasteiger partial charge in [-0.1, -0.05) is 22.9 Å². The molecule has 20 heavy (non-hydrogen) atoms. The van der Waals surface area contributed by atoms with Crippen molar-refractivity contribution in [3.63, 3.8) is 0 Å². The minimum atomic E-state index is -0.412. The average Bonchev–Trinajstić information content (AvgIpc) is 2.44. The second-order valence-electron chi connectivity index (χ2n) is 4.36. The van der Waals surface area contributed by atoms with Gasteiger partial charge >= 0.3 is 0 Å². The molecule has 106 valence electrons. The number of rotatable bonds is 6. The standard InChI is InChI=1S/C15H16BrFN2O/c1-2-6-18-10-11-5-7-19-15(8-11)20-14-9-12(16)3-4-13(14)17/h3-5,7-9,18H,2,6,10H2,1H3. The van der Waals surface area contributed by atoms with Crippen LogP contribution >= 0.6 is 15.9 Å². The third-order valence-corrected chi connectivity index (χ3v) is 3.16. The molecule has 0 aliphatic carbocycles. The molecule has 0 unspecified atom stereocenters. The molecule has 0 spiro atoms. The largest absolute Gasteiger partial charge is 0.436 e. The van der Waals surface area contributed by atoms with E-state index >= 15 is 0 Å². The van der Waals surface area contributed by atoms with Crippen LogP contribution in [0.25, 0.3) is 0 Å². The number of ether oxygens (including phenoxy) is 1. The Kier molecular flexibility index (Phi) is 5.49. The summed E-state index contributed by atoms with van der Waals surface area (Å²) in [5.41, 5.74) is 1.05. The van der Waals surface area contributed by atoms with E-state index in [2.05, 4.69) is 33.2 Å². The van der Waals surface area contributed by atoms with E-state index in [9.17, 15) is 4.39 Å². The fourth-order valence-electron chi connectivity index (χ4n) is 1.69. The van der Waals surface area contributed by atoms with Gasteiger partial charge in [0.25, 0.3) is 0 Å². The summed E-state index contributed by atoms with van der Waals surface area (Å²) in [5, 5.41) is 3.30. The van der Waals surface area contributed by atoms with Crippen LogP contribution in [0.5, 0.6) is 11.6 Å². The molecular formula is C15H16BrFN2O. The summed E-state index contributed by atoms with van der Waals surface area (Å²) < 4.78 is 19.9. The van der Waals surface area contributed by atoms with Gasteiger partial charge in [-0.3, -0.25) is 0 Å². The monoisotopic (exact) mass is 338 g/mol. The number of nitrogens with zero attached hydrogens (tertiary/aromatic N) is 1. The molecule has 2 aromatic rings. The van der Waals surface area contributed by atoms with Gasteiger partial charge in [-0.15, -0.1) is 0 Å². The molecule has 1 heterocycles. The van der Waals surface area contributed by atoms with Crippen LogP contribution in [0.4, 0.5) is 4.39 Å². The highest BCUT2D eigenvalue weighted by atomic mass is 79.9. The molecule has 0 bridgehead atoms. The highest BCUT2D eigenvalue weighted by Gasteiger charge is 2.07. The minimum absolute atomic E-state index is 0.158. The van der Waals surface area contributed by atoms with E-state index in [1.54, 1.807) is 18.3 Å². The maximum absolute atomic E-state index is 13.6. The van der Waals surface area contributed by atoms with Crippen molar-refractivity contribution in [2.75, 3.05) is 6.54 Å². The van der Waals surface area contributed by atoms with E-state index in [0.717, 1.165) is 29.5 Å². The molecular weight excluding hydrogens is 323 g/mol. The van der Waals surface area contributed by atoms with Gasteiger partial charge < -0.3 is 10.1 Å². The molecule has 1 aromatic heterocycles. The predicted molar refractivity (Wildman–Crippen MR) is 80.4 cm³/mol. The molecule has 5 heteroatoms. The number of halogens is 2. The molecule has 1 aromatic carbocycles. The van der Waals surface area contributed by atoms with E-state index in [0.29, 0.717) is 5.88 Å². The van der Waals surface area contributed by atoms with Crippen molar-refractivity contribution in [1.82, 2.24) is 10.3 Å². The molecule has 0 fully saturated rings. The van der Waals surface area contributed by atoms with E-state index in [1.807, 2.05) is 12.1 Å². The topological polar surface area (TPSA) is 34.2 Å². The Bertz CT molecular complexity index is 578. The minimum Gasteiger partial charge on any atom is -0.436 e. The van der Waals surface area contributed by atoms with Gasteiger partial charge in [0.1, 0.15) is 0 Å². The molecule has 0 aliphatic heterocycles. The first-order valence-electron chi connectivity index (χ1n) is 6.47. The van der Waals surface area contributed by atoms with E-state index in [-0.39, 0.29) is 5.75 Å². The Hall–Kier alpha value is -1.46. The Morgan fingerprint density at radius 2 is 2.15 bits per heavy atom. The van der Waals surface area contributed by atoms with Crippen molar-refractivity contribution in [3.05, 3.63) is 52.4 Å². The molecule has 3 nitrogen and oxygen atoms in total. The van der Waals surface area contributed by atoms with Crippen LogP contribution < -0.4 is 10.1 Å². The molecule has 0 radical (unpaired) electrons. The second kappa shape index (κ2) is 7.36. The smallest absolute Gasteiger partial charge is 0.219 e. The Labute approximate surface area is 126 Å². The summed E-state index contributed by atoms with van der Waals surface area (Å²) in [6.07, 6.45) is 2.74. The molecule has 1 N–H and O–H groups in total. The first-order chi connectivity index (χ1) is 9.69. The molecule has 2 rings (SSSR count). The van der Waals surface area contributed by atoms with Gasteiger partial charge in [-0.25, -0.2) is 9.37 Å². The van der Waals surface area contributed by atoms with Gasteiger partial charge in [0.15, 0.2) is 11.6 Å². The number of nitrogens with one attached hydrogen (secondary N) is 1. The SMILES string of the molecule is CCCNCc1ccnc(Oc2cc(Br)ccc2F)c1. The Morgan fingerprint density at radius 3 is 2.95 bits per heavy atom. The lowest BCUT2D eigenvalue weighted by molar-refractivity contribution is 0.426. The quantitative estimate of drug-likeness (QED) is 0.798. The number of aromatic nitrogens is 1. The van der Waals surface area contributed by atoms with E-state index in [4.69, 9.17) is 4.74 Å². The maximum atomic E-state index is 13.6. The predicted octanol–water partition coefficient (Wildman–Crippen LogP) is 4.28. The fourth-order valence-corrected chi connectivity index (χ4v) is 2.03. The lowest BCUT2D eigenvalue weighted by atomic mass is 10.2. The first kappa shape index (κ1) is 14.9. The van der Waals surface area contributed by atoms with Crippen LogP contribution in [-0.4, -0.2) is 11.5 Å². The van der Waals surface area contributed by atoms with Gasteiger partial charge in [0.2, 0.25) is 5.88 Å². The van der Waals surface area contributed by atoms with E-state index in [1.165, 1.54) is 6.07 Å². The number of hydrogen-bond acceptors (Lipinski definition) is 3. The summed E-state index contributed by atoms with van der Waals surface area (Å²) in [4.78, 5) is 4.10. The van der Waals surface area contributed by atoms with E-state index < -0.39 is 5.82 Å². The number of hydrogen-bond donors (Lipinski definition) is 1. The summed E-state index contributed by atoms with van der Waals surface area (Å²) in [5.74, 6) is 0.132. The van der Waals surface area contributed by atoms with Gasteiger partial charge in [-0.2, -0.15) is 0 Å². The molecule has 0 aliphatic rings. The summed E-state index contributed by atoms with van der Waals surface area (Å²) >= 11 is 3.29. The molecule has 0 amide bonds. The Balaban J connectivity index is 2.09. The van der Waals surface area contributed by atoms with Crippen LogP contribution in [-0.2, 0) is 6.54 Å². The zero-order chi connectivity index (χ0) is 14.4. The molecule has 0 saturated heterocycles. The van der Waals surface area contributed by atoms with Crippen LogP contribution in [0.3, 0.4) is 0 Å². The van der Waals surface area contributed by atoms with Crippen LogP contribution in [0, 0.1) is 5.82 Å². The van der Waals surface area contributed by atoms with Gasteiger partial charge in [0, 0.05) is 23.3 Å². The zero-order valence-electron chi connectivity index (χ0n) is 11.2. The Morgan fingerprint density at radius 1 is 1.30 bits per heavy atom. The lowest BCUT2D eigenvalue weighted by Gasteiger charge is -2.08. The summed E-state index contributed by atoms with van der Waals surface area (Å²) in [6.45, 7) is 3.82. The second-order valence-corrected chi connectivity index (χ2v) is 5.27. The van der Waals surface area contributed by atoms with Crippen molar-refractivity contribution in [2.24, 2.45) is 0 Å². The number of pyridine rings is 1. The lowest BCUT2D eigenvalue weighted by Crippen LogP contribution is -2.13. The fraction of sp³-hybridized carbons (Fsp3) is 0.267. The maximum Gasteiger partial charge on any atom is 0.219 e. The van der Waals surface area contributed by atoms with Crippen molar-refractivity contribution in [1.29, 1.82) is 0 Å². The summed E-state index contributed by atoms with van der Waals surface area (Å²) in [6, 6.07) is 8.28. The average molecular weight is 339 g/mol. The highest BCUT2D eigenvalue weighted by molar-refractivity contribution is 9.10. The highest BCUT2D eigenvalue weighted by Crippen LogP contribution is 2.26. The van der Waals surface area contributed by atoms with Crippen molar-refractivity contribution >= 4 is 15.9 Å². The summed E-state index contributed by atoms with van der Waals surface area (Å²) in [7, 11) is 0. The normalized spacial score (nSPS) is 10.6. The van der Waals surface area contributed by atoms with Crippen LogP contribution in [0.15, 0.2) is 41.0 Å². The van der Waals surface area contributed by atoms with Crippen molar-refractivity contribution in [3.8, 4) is 11.6 Å². The van der Waals surface area contributed by atoms with Crippen LogP contribution in [0.2, 0.25) is 0 Å². The zero-order valence-corrected chi connectivity index (χ0v) is 12.8. The third kappa shape index (κ3) is 4.28. The van der Waals surface area contributed by atoms with Gasteiger partial charge in [-0.05, 0) is 42.8 Å². The van der Waals surface area contributed by atoms with Crippen molar-refractivity contribution in [2.45, 2.75) is 19.9 Å². The number of benzene rings is 1. The molecule has 0 atom stereocenters. The van der Waals surface area contributed by atoms with Gasteiger partial charge in [0.05, 0.1) is 0 Å². The molecule has 0 saturated carbocycles. The first-order valence-corrected chi connectivity index (χ1v) is 7.27. The third-order valence-electron chi connectivity index (χ3n) is 2.66.